The zero-order valence-corrected chi connectivity index (χ0v) is 17.3. The number of nitriles is 1. The van der Waals surface area contributed by atoms with Gasteiger partial charge in [-0.2, -0.15) is 5.26 Å². The molecule has 0 saturated carbocycles. The number of ether oxygens (including phenoxy) is 1. The molecular weight excluding hydrogens is 408 g/mol. The number of thiazole rings is 1. The highest BCUT2D eigenvalue weighted by atomic mass is 32.1. The van der Waals surface area contributed by atoms with E-state index in [1.807, 2.05) is 30.3 Å². The van der Waals surface area contributed by atoms with Crippen LogP contribution >= 0.6 is 11.3 Å². The largest absolute Gasteiger partial charge is 0.489 e. The van der Waals surface area contributed by atoms with Crippen LogP contribution in [0.2, 0.25) is 0 Å². The van der Waals surface area contributed by atoms with Crippen LogP contribution < -0.4 is 10.1 Å². The number of rotatable bonds is 7. The fourth-order valence-electron chi connectivity index (χ4n) is 2.89. The molecule has 152 valence electrons. The predicted molar refractivity (Wildman–Crippen MR) is 119 cm³/mol. The minimum atomic E-state index is -0.244. The standard InChI is InChI=1S/C24H18N4O2S/c25-13-18-8-6-17(7-9-18)11-22-15-27-24(31-22)28-23(29)20-4-1-5-21(12-20)30-16-19-3-2-10-26-14-19/h1-10,12,14-15H,11,16H2,(H,27,28,29). The van der Waals surface area contributed by atoms with Crippen LogP contribution in [-0.2, 0) is 13.0 Å². The summed E-state index contributed by atoms with van der Waals surface area (Å²) >= 11 is 1.43. The van der Waals surface area contributed by atoms with E-state index in [1.165, 1.54) is 11.3 Å². The number of carbonyl (C=O) groups excluding carboxylic acids is 1. The summed E-state index contributed by atoms with van der Waals surface area (Å²) in [5.41, 5.74) is 3.16. The summed E-state index contributed by atoms with van der Waals surface area (Å²) in [6, 6.07) is 20.4. The first-order chi connectivity index (χ1) is 15.2. The number of nitrogens with zero attached hydrogens (tertiary/aromatic N) is 3. The van der Waals surface area contributed by atoms with Gasteiger partial charge in [0, 0.05) is 41.0 Å². The lowest BCUT2D eigenvalue weighted by Gasteiger charge is -2.08. The quantitative estimate of drug-likeness (QED) is 0.457. The Kier molecular flexibility index (Phi) is 6.31. The molecule has 2 heterocycles. The molecule has 1 amide bonds. The van der Waals surface area contributed by atoms with Crippen molar-refractivity contribution < 1.29 is 9.53 Å². The smallest absolute Gasteiger partial charge is 0.257 e. The van der Waals surface area contributed by atoms with Crippen LogP contribution in [0, 0.1) is 11.3 Å². The summed E-state index contributed by atoms with van der Waals surface area (Å²) in [6.45, 7) is 0.379. The summed E-state index contributed by atoms with van der Waals surface area (Å²) < 4.78 is 5.77. The molecule has 0 unspecified atom stereocenters. The molecule has 31 heavy (non-hydrogen) atoms. The Hall–Kier alpha value is -4.02. The monoisotopic (exact) mass is 426 g/mol. The van der Waals surface area contributed by atoms with Crippen molar-refractivity contribution in [2.24, 2.45) is 0 Å². The number of anilines is 1. The van der Waals surface area contributed by atoms with Gasteiger partial charge in [-0.05, 0) is 42.0 Å². The van der Waals surface area contributed by atoms with Crippen molar-refractivity contribution in [3.05, 3.63) is 106 Å². The highest BCUT2D eigenvalue weighted by Crippen LogP contribution is 2.23. The highest BCUT2D eigenvalue weighted by Gasteiger charge is 2.11. The first-order valence-electron chi connectivity index (χ1n) is 9.56. The van der Waals surface area contributed by atoms with E-state index >= 15 is 0 Å². The van der Waals surface area contributed by atoms with E-state index in [-0.39, 0.29) is 5.91 Å². The Bertz CT molecular complexity index is 1210. The van der Waals surface area contributed by atoms with Crippen molar-refractivity contribution in [1.82, 2.24) is 9.97 Å². The third kappa shape index (κ3) is 5.53. The molecule has 6 nitrogen and oxygen atoms in total. The number of hydrogen-bond acceptors (Lipinski definition) is 6. The lowest BCUT2D eigenvalue weighted by atomic mass is 10.1. The maximum Gasteiger partial charge on any atom is 0.257 e. The zero-order valence-electron chi connectivity index (χ0n) is 16.5. The van der Waals surface area contributed by atoms with E-state index in [1.54, 1.807) is 48.9 Å². The number of hydrogen-bond donors (Lipinski definition) is 1. The van der Waals surface area contributed by atoms with Crippen molar-refractivity contribution in [3.63, 3.8) is 0 Å². The second kappa shape index (κ2) is 9.65. The molecule has 4 aromatic rings. The van der Waals surface area contributed by atoms with Gasteiger partial charge in [0.05, 0.1) is 11.6 Å². The van der Waals surface area contributed by atoms with Crippen molar-refractivity contribution >= 4 is 22.4 Å². The highest BCUT2D eigenvalue weighted by molar-refractivity contribution is 7.15. The second-order valence-electron chi connectivity index (χ2n) is 6.75. The molecule has 0 spiro atoms. The van der Waals surface area contributed by atoms with E-state index in [9.17, 15) is 4.79 Å². The van der Waals surface area contributed by atoms with Gasteiger partial charge in [-0.1, -0.05) is 24.3 Å². The summed E-state index contributed by atoms with van der Waals surface area (Å²) in [4.78, 5) is 22.0. The minimum Gasteiger partial charge on any atom is -0.489 e. The number of aromatic nitrogens is 2. The normalized spacial score (nSPS) is 10.3. The molecule has 0 aliphatic heterocycles. The van der Waals surface area contributed by atoms with E-state index in [2.05, 4.69) is 21.4 Å². The molecule has 0 radical (unpaired) electrons. The van der Waals surface area contributed by atoms with E-state index in [4.69, 9.17) is 10.00 Å². The molecule has 4 rings (SSSR count). The molecule has 1 N–H and O–H groups in total. The molecule has 2 aromatic carbocycles. The number of amides is 1. The molecular formula is C24H18N4O2S. The van der Waals surface area contributed by atoms with Crippen LogP contribution in [0.25, 0.3) is 0 Å². The Morgan fingerprint density at radius 2 is 1.94 bits per heavy atom. The van der Waals surface area contributed by atoms with Gasteiger partial charge >= 0.3 is 0 Å². The number of carbonyl (C=O) groups is 1. The zero-order chi connectivity index (χ0) is 21.5. The fourth-order valence-corrected chi connectivity index (χ4v) is 3.73. The van der Waals surface area contributed by atoms with Gasteiger partial charge in [0.1, 0.15) is 12.4 Å². The molecule has 0 aliphatic carbocycles. The predicted octanol–water partition coefficient (Wildman–Crippen LogP) is 4.83. The first-order valence-corrected chi connectivity index (χ1v) is 10.4. The molecule has 0 atom stereocenters. The fraction of sp³-hybridized carbons (Fsp3) is 0.0833. The molecule has 0 bridgehead atoms. The summed E-state index contributed by atoms with van der Waals surface area (Å²) in [5, 5.41) is 12.3. The van der Waals surface area contributed by atoms with Crippen molar-refractivity contribution in [3.8, 4) is 11.8 Å². The summed E-state index contributed by atoms with van der Waals surface area (Å²) in [6.07, 6.45) is 5.90. The number of pyridine rings is 1. The number of benzene rings is 2. The van der Waals surface area contributed by atoms with Gasteiger partial charge in [0.2, 0.25) is 0 Å². The topological polar surface area (TPSA) is 87.9 Å². The average molecular weight is 427 g/mol. The molecule has 7 heteroatoms. The van der Waals surface area contributed by atoms with Crippen molar-refractivity contribution in [2.45, 2.75) is 13.0 Å². The molecule has 2 aromatic heterocycles. The molecule has 0 aliphatic rings. The second-order valence-corrected chi connectivity index (χ2v) is 7.86. The SMILES string of the molecule is N#Cc1ccc(Cc2cnc(NC(=O)c3cccc(OCc4cccnc4)c3)s2)cc1. The van der Waals surface area contributed by atoms with E-state index < -0.39 is 0 Å². The lowest BCUT2D eigenvalue weighted by Crippen LogP contribution is -2.11. The Balaban J connectivity index is 1.36. The van der Waals surface area contributed by atoms with Crippen molar-refractivity contribution in [1.29, 1.82) is 5.26 Å². The van der Waals surface area contributed by atoms with Crippen LogP contribution in [0.1, 0.15) is 31.9 Å². The van der Waals surface area contributed by atoms with Gasteiger partial charge in [-0.25, -0.2) is 4.98 Å². The van der Waals surface area contributed by atoms with Crippen LogP contribution in [0.3, 0.4) is 0 Å². The van der Waals surface area contributed by atoms with E-state index in [0.29, 0.717) is 35.0 Å². The first kappa shape index (κ1) is 20.3. The Labute approximate surface area is 183 Å². The van der Waals surface area contributed by atoms with Gasteiger partial charge in [0.25, 0.3) is 5.91 Å². The average Bonchev–Trinajstić information content (AvgIpc) is 3.25. The third-order valence-electron chi connectivity index (χ3n) is 4.46. The van der Waals surface area contributed by atoms with Crippen molar-refractivity contribution in [2.75, 3.05) is 5.32 Å². The maximum atomic E-state index is 12.6. The lowest BCUT2D eigenvalue weighted by molar-refractivity contribution is 0.102. The van der Waals surface area contributed by atoms with Crippen LogP contribution in [-0.4, -0.2) is 15.9 Å². The van der Waals surface area contributed by atoms with Gasteiger partial charge in [-0.3, -0.25) is 15.1 Å². The minimum absolute atomic E-state index is 0.244. The van der Waals surface area contributed by atoms with Crippen LogP contribution in [0.4, 0.5) is 5.13 Å². The Morgan fingerprint density at radius 1 is 1.06 bits per heavy atom. The maximum absolute atomic E-state index is 12.6. The van der Waals surface area contributed by atoms with E-state index in [0.717, 1.165) is 16.0 Å². The van der Waals surface area contributed by atoms with Crippen LogP contribution in [0.15, 0.2) is 79.3 Å². The summed E-state index contributed by atoms with van der Waals surface area (Å²) in [5.74, 6) is 0.364. The third-order valence-corrected chi connectivity index (χ3v) is 5.37. The number of nitrogens with one attached hydrogen (secondary N) is 1. The summed E-state index contributed by atoms with van der Waals surface area (Å²) in [7, 11) is 0. The molecule has 0 fully saturated rings. The van der Waals surface area contributed by atoms with Crippen LogP contribution in [0.5, 0.6) is 5.75 Å². The van der Waals surface area contributed by atoms with Gasteiger partial charge < -0.3 is 4.74 Å². The Morgan fingerprint density at radius 3 is 2.71 bits per heavy atom. The van der Waals surface area contributed by atoms with Gasteiger partial charge in [-0.15, -0.1) is 11.3 Å². The molecule has 0 saturated heterocycles. The van der Waals surface area contributed by atoms with Gasteiger partial charge in [0.15, 0.2) is 5.13 Å².